The standard InChI is InChI=1S/C18H30BrN5O2S/c19-7-8-22-13-16(23-9-11-26-12-10-23)24(25,14-22)18-21-20-17(27-18)15-5-3-1-2-4-6-15/h15-16H,1-14H2. The van der Waals surface area contributed by atoms with Crippen LogP contribution in [0.25, 0.3) is 0 Å². The van der Waals surface area contributed by atoms with Gasteiger partial charge in [0.1, 0.15) is 11.7 Å². The second-order valence-corrected chi connectivity index (χ2v) is 9.72. The fourth-order valence-corrected chi connectivity index (χ4v) is 6.20. The maximum atomic E-state index is 14.1. The number of halogens is 1. The predicted octanol–water partition coefficient (Wildman–Crippen LogP) is 3.11. The minimum atomic E-state index is -0.378. The minimum Gasteiger partial charge on any atom is -0.623 e. The van der Waals surface area contributed by atoms with Crippen LogP contribution in [0.4, 0.5) is 5.13 Å². The van der Waals surface area contributed by atoms with Crippen molar-refractivity contribution in [1.29, 1.82) is 0 Å². The number of aromatic nitrogens is 2. The van der Waals surface area contributed by atoms with Gasteiger partial charge in [0, 0.05) is 30.9 Å². The van der Waals surface area contributed by atoms with Gasteiger partial charge in [0.05, 0.1) is 19.8 Å². The SMILES string of the molecule is [O-][N+]1(c2nnc(C3CCCCCC3)s2)CN(CCBr)CC1N1CCOCC1. The number of ether oxygens (including phenoxy) is 1. The Morgan fingerprint density at radius 1 is 1.15 bits per heavy atom. The Hall–Kier alpha value is -0.160. The number of hydroxylamine groups is 2. The molecule has 0 amide bonds. The van der Waals surface area contributed by atoms with E-state index in [1.807, 2.05) is 0 Å². The molecule has 1 aromatic heterocycles. The Balaban J connectivity index is 1.56. The van der Waals surface area contributed by atoms with Crippen LogP contribution < -0.4 is 4.65 Å². The minimum absolute atomic E-state index is 0.108. The van der Waals surface area contributed by atoms with Crippen LogP contribution in [0.1, 0.15) is 49.5 Å². The summed E-state index contributed by atoms with van der Waals surface area (Å²) in [6, 6.07) is 0. The molecule has 0 bridgehead atoms. The van der Waals surface area contributed by atoms with E-state index in [9.17, 15) is 5.21 Å². The van der Waals surface area contributed by atoms with Crippen molar-refractivity contribution in [2.75, 3.05) is 51.4 Å². The molecular weight excluding hydrogens is 430 g/mol. The van der Waals surface area contributed by atoms with E-state index < -0.39 is 0 Å². The van der Waals surface area contributed by atoms with E-state index in [0.29, 0.717) is 30.9 Å². The van der Waals surface area contributed by atoms with Crippen LogP contribution in [0.2, 0.25) is 0 Å². The van der Waals surface area contributed by atoms with E-state index in [2.05, 4.69) is 35.9 Å². The van der Waals surface area contributed by atoms with Crippen molar-refractivity contribution in [2.24, 2.45) is 0 Å². The van der Waals surface area contributed by atoms with Crippen molar-refractivity contribution in [3.8, 4) is 0 Å². The van der Waals surface area contributed by atoms with Gasteiger partial charge in [-0.05, 0) is 24.2 Å². The summed E-state index contributed by atoms with van der Waals surface area (Å²) in [4.78, 5) is 4.56. The number of morpholine rings is 1. The smallest absolute Gasteiger partial charge is 0.309 e. The summed E-state index contributed by atoms with van der Waals surface area (Å²) in [5.74, 6) is 0.494. The molecule has 0 spiro atoms. The van der Waals surface area contributed by atoms with E-state index in [-0.39, 0.29) is 10.8 Å². The molecule has 1 aromatic rings. The van der Waals surface area contributed by atoms with Crippen molar-refractivity contribution in [3.63, 3.8) is 0 Å². The molecule has 0 N–H and O–H groups in total. The van der Waals surface area contributed by atoms with Gasteiger partial charge in [0.15, 0.2) is 6.17 Å². The number of hydrogen-bond acceptors (Lipinski definition) is 7. The van der Waals surface area contributed by atoms with Crippen LogP contribution in [0.5, 0.6) is 0 Å². The van der Waals surface area contributed by atoms with Crippen LogP contribution in [0.3, 0.4) is 0 Å². The molecule has 1 saturated carbocycles. The molecule has 27 heavy (non-hydrogen) atoms. The highest BCUT2D eigenvalue weighted by Crippen LogP contribution is 2.40. The summed E-state index contributed by atoms with van der Waals surface area (Å²) >= 11 is 5.10. The number of hydrogen-bond donors (Lipinski definition) is 0. The molecule has 1 aliphatic carbocycles. The molecule has 3 fully saturated rings. The zero-order valence-corrected chi connectivity index (χ0v) is 18.3. The predicted molar refractivity (Wildman–Crippen MR) is 112 cm³/mol. The Morgan fingerprint density at radius 3 is 2.59 bits per heavy atom. The Morgan fingerprint density at radius 2 is 1.89 bits per heavy atom. The van der Waals surface area contributed by atoms with Gasteiger partial charge in [-0.2, -0.15) is 0 Å². The van der Waals surface area contributed by atoms with Crippen molar-refractivity contribution in [2.45, 2.75) is 50.6 Å². The molecule has 3 heterocycles. The van der Waals surface area contributed by atoms with Gasteiger partial charge in [-0.15, -0.1) is 5.10 Å². The zero-order chi connectivity index (χ0) is 18.7. The first kappa shape index (κ1) is 20.1. The Bertz CT molecular complexity index is 606. The lowest BCUT2D eigenvalue weighted by Gasteiger charge is -2.45. The molecule has 2 aliphatic heterocycles. The van der Waals surface area contributed by atoms with Gasteiger partial charge in [-0.25, -0.2) is 9.80 Å². The zero-order valence-electron chi connectivity index (χ0n) is 15.9. The highest BCUT2D eigenvalue weighted by Gasteiger charge is 2.47. The molecule has 152 valence electrons. The number of alkyl halides is 1. The average molecular weight is 460 g/mol. The van der Waals surface area contributed by atoms with Crippen molar-refractivity contribution < 1.29 is 4.74 Å². The van der Waals surface area contributed by atoms with Gasteiger partial charge in [0.25, 0.3) is 0 Å². The average Bonchev–Trinajstić information content (AvgIpc) is 3.20. The normalized spacial score (nSPS) is 32.0. The molecule has 4 rings (SSSR count). The second kappa shape index (κ2) is 9.11. The summed E-state index contributed by atoms with van der Waals surface area (Å²) in [7, 11) is 0. The van der Waals surface area contributed by atoms with Gasteiger partial charge in [-0.1, -0.05) is 46.7 Å². The maximum Gasteiger partial charge on any atom is 0.309 e. The van der Waals surface area contributed by atoms with E-state index in [0.717, 1.165) is 36.5 Å². The quantitative estimate of drug-likeness (QED) is 0.291. The van der Waals surface area contributed by atoms with Gasteiger partial charge >= 0.3 is 5.13 Å². The topological polar surface area (TPSA) is 64.6 Å². The molecule has 9 heteroatoms. The lowest BCUT2D eigenvalue weighted by atomic mass is 10.0. The largest absolute Gasteiger partial charge is 0.623 e. The van der Waals surface area contributed by atoms with Crippen LogP contribution in [0, 0.1) is 5.21 Å². The Kier molecular flexibility index (Phi) is 6.79. The molecule has 2 saturated heterocycles. The third-order valence-corrected chi connectivity index (χ3v) is 7.69. The number of quaternary nitrogens is 1. The third kappa shape index (κ3) is 4.39. The molecule has 0 radical (unpaired) electrons. The van der Waals surface area contributed by atoms with Gasteiger partial charge in [0.2, 0.25) is 0 Å². The first-order chi connectivity index (χ1) is 13.2. The Labute approximate surface area is 174 Å². The first-order valence-electron chi connectivity index (χ1n) is 10.2. The summed E-state index contributed by atoms with van der Waals surface area (Å²) in [6.45, 7) is 5.20. The third-order valence-electron chi connectivity index (χ3n) is 6.14. The number of rotatable bonds is 5. The summed E-state index contributed by atoms with van der Waals surface area (Å²) in [6.07, 6.45) is 7.46. The van der Waals surface area contributed by atoms with Crippen molar-refractivity contribution >= 4 is 32.4 Å². The second-order valence-electron chi connectivity index (χ2n) is 7.94. The summed E-state index contributed by atoms with van der Waals surface area (Å²) < 4.78 is 5.13. The van der Waals surface area contributed by atoms with E-state index in [1.54, 1.807) is 11.3 Å². The first-order valence-corrected chi connectivity index (χ1v) is 12.2. The van der Waals surface area contributed by atoms with E-state index in [1.165, 1.54) is 38.5 Å². The van der Waals surface area contributed by atoms with Gasteiger partial charge in [-0.3, -0.25) is 4.65 Å². The monoisotopic (exact) mass is 459 g/mol. The van der Waals surface area contributed by atoms with Crippen molar-refractivity contribution in [3.05, 3.63) is 10.2 Å². The fourth-order valence-electron chi connectivity index (χ4n) is 4.61. The van der Waals surface area contributed by atoms with Crippen LogP contribution in [-0.4, -0.2) is 77.6 Å². The van der Waals surface area contributed by atoms with Crippen molar-refractivity contribution in [1.82, 2.24) is 24.6 Å². The molecule has 7 nitrogen and oxygen atoms in total. The lowest BCUT2D eigenvalue weighted by molar-refractivity contribution is -0.00415. The summed E-state index contributed by atoms with van der Waals surface area (Å²) in [5.41, 5.74) is 0. The molecular formula is C18H30BrN5O2S. The van der Waals surface area contributed by atoms with Crippen LogP contribution >= 0.6 is 27.3 Å². The van der Waals surface area contributed by atoms with Crippen LogP contribution in [0.15, 0.2) is 0 Å². The van der Waals surface area contributed by atoms with Crippen LogP contribution in [-0.2, 0) is 4.74 Å². The summed E-state index contributed by atoms with van der Waals surface area (Å²) in [5, 5.41) is 25.6. The molecule has 2 atom stereocenters. The number of nitrogens with zero attached hydrogens (tertiary/aromatic N) is 5. The van der Waals surface area contributed by atoms with Gasteiger partial charge < -0.3 is 9.94 Å². The maximum absolute atomic E-state index is 14.1. The lowest BCUT2D eigenvalue weighted by Crippen LogP contribution is -2.59. The highest BCUT2D eigenvalue weighted by atomic mass is 79.9. The molecule has 0 aromatic carbocycles. The molecule has 2 unspecified atom stereocenters. The molecule has 3 aliphatic rings. The van der Waals surface area contributed by atoms with E-state index >= 15 is 0 Å². The van der Waals surface area contributed by atoms with E-state index in [4.69, 9.17) is 4.74 Å². The fraction of sp³-hybridized carbons (Fsp3) is 0.889. The highest BCUT2D eigenvalue weighted by molar-refractivity contribution is 9.09.